The molecule has 0 atom stereocenters. The van der Waals surface area contributed by atoms with Gasteiger partial charge in [-0.1, -0.05) is 13.5 Å². The Bertz CT molecular complexity index is 308. The molecule has 0 unspecified atom stereocenters. The molecule has 0 fully saturated rings. The molecule has 0 aromatic heterocycles. The van der Waals surface area contributed by atoms with Crippen molar-refractivity contribution in [1.82, 2.24) is 5.32 Å². The Balaban J connectivity index is 3.72. The summed E-state index contributed by atoms with van der Waals surface area (Å²) in [6, 6.07) is -0.411. The number of ether oxygens (including phenoxy) is 1. The van der Waals surface area contributed by atoms with E-state index in [2.05, 4.69) is 16.9 Å². The molecule has 5 heteroatoms. The lowest BCUT2D eigenvalue weighted by Crippen LogP contribution is -2.26. The number of esters is 1. The van der Waals surface area contributed by atoms with Gasteiger partial charge in [-0.25, -0.2) is 14.6 Å². The van der Waals surface area contributed by atoms with Gasteiger partial charge in [-0.3, -0.25) is 0 Å². The van der Waals surface area contributed by atoms with Gasteiger partial charge in [-0.2, -0.15) is 0 Å². The topological polar surface area (TPSA) is 67.8 Å². The van der Waals surface area contributed by atoms with Crippen LogP contribution < -0.4 is 5.32 Å². The molecule has 16 heavy (non-hydrogen) atoms. The molecule has 0 bridgehead atoms. The average Bonchev–Trinajstić information content (AvgIpc) is 2.23. The van der Waals surface area contributed by atoms with Gasteiger partial charge in [0.15, 0.2) is 0 Å². The number of carbonyl (C=O) groups is 2. The van der Waals surface area contributed by atoms with Crippen LogP contribution in [-0.2, 0) is 9.53 Å². The molecule has 0 spiro atoms. The standard InChI is InChI=1S/C11H18N2O3/c1-5-9(4)13-11(15)12-6-7-16-10(14)8(2)3/h2,5-7H2,1,3-4H3,(H,12,15)/b13-9+. The molecule has 2 amide bonds. The summed E-state index contributed by atoms with van der Waals surface area (Å²) in [5.41, 5.74) is 1.10. The van der Waals surface area contributed by atoms with Crippen molar-refractivity contribution in [3.8, 4) is 0 Å². The van der Waals surface area contributed by atoms with Crippen LogP contribution in [0.1, 0.15) is 27.2 Å². The molecule has 0 heterocycles. The molecule has 0 saturated heterocycles. The summed E-state index contributed by atoms with van der Waals surface area (Å²) in [5, 5.41) is 2.51. The van der Waals surface area contributed by atoms with Crippen LogP contribution in [0.3, 0.4) is 0 Å². The maximum absolute atomic E-state index is 11.1. The molecule has 0 saturated carbocycles. The van der Waals surface area contributed by atoms with Crippen molar-refractivity contribution in [3.05, 3.63) is 12.2 Å². The first-order valence-electron chi connectivity index (χ1n) is 5.12. The fourth-order valence-electron chi connectivity index (χ4n) is 0.717. The number of carbonyl (C=O) groups excluding carboxylic acids is 2. The van der Waals surface area contributed by atoms with Crippen molar-refractivity contribution >= 4 is 17.7 Å². The first-order chi connectivity index (χ1) is 7.47. The zero-order chi connectivity index (χ0) is 12.6. The van der Waals surface area contributed by atoms with Crippen LogP contribution in [0.15, 0.2) is 17.1 Å². The SMILES string of the molecule is C=C(C)C(=O)OCCNC(=O)/N=C(\C)CC. The van der Waals surface area contributed by atoms with E-state index in [1.807, 2.05) is 6.92 Å². The maximum Gasteiger partial charge on any atom is 0.340 e. The highest BCUT2D eigenvalue weighted by Crippen LogP contribution is 1.91. The van der Waals surface area contributed by atoms with E-state index in [9.17, 15) is 9.59 Å². The van der Waals surface area contributed by atoms with Crippen LogP contribution in [0.2, 0.25) is 0 Å². The van der Waals surface area contributed by atoms with Gasteiger partial charge in [0.25, 0.3) is 0 Å². The lowest BCUT2D eigenvalue weighted by Gasteiger charge is -2.04. The fraction of sp³-hybridized carbons (Fsp3) is 0.545. The second kappa shape index (κ2) is 7.62. The van der Waals surface area contributed by atoms with Gasteiger partial charge in [0.1, 0.15) is 6.61 Å². The van der Waals surface area contributed by atoms with E-state index in [0.29, 0.717) is 5.57 Å². The maximum atomic E-state index is 11.1. The lowest BCUT2D eigenvalue weighted by atomic mass is 10.3. The number of nitrogens with zero attached hydrogens (tertiary/aromatic N) is 1. The molecular weight excluding hydrogens is 208 g/mol. The van der Waals surface area contributed by atoms with Gasteiger partial charge in [0, 0.05) is 11.3 Å². The minimum absolute atomic E-state index is 0.123. The van der Waals surface area contributed by atoms with Gasteiger partial charge in [-0.05, 0) is 20.3 Å². The highest BCUT2D eigenvalue weighted by Gasteiger charge is 2.03. The Morgan fingerprint density at radius 3 is 2.50 bits per heavy atom. The zero-order valence-electron chi connectivity index (χ0n) is 10.0. The molecule has 0 aliphatic carbocycles. The highest BCUT2D eigenvalue weighted by molar-refractivity contribution is 5.93. The predicted octanol–water partition coefficient (Wildman–Crippen LogP) is 1.69. The molecule has 0 aromatic carbocycles. The van der Waals surface area contributed by atoms with Gasteiger partial charge < -0.3 is 10.1 Å². The van der Waals surface area contributed by atoms with E-state index >= 15 is 0 Å². The van der Waals surface area contributed by atoms with Gasteiger partial charge in [-0.15, -0.1) is 0 Å². The van der Waals surface area contributed by atoms with Crippen LogP contribution in [-0.4, -0.2) is 30.9 Å². The Kier molecular flexibility index (Phi) is 6.83. The molecule has 90 valence electrons. The van der Waals surface area contributed by atoms with Crippen molar-refractivity contribution in [2.45, 2.75) is 27.2 Å². The third-order valence-corrected chi connectivity index (χ3v) is 1.76. The smallest absolute Gasteiger partial charge is 0.340 e. The summed E-state index contributed by atoms with van der Waals surface area (Å²) in [6.45, 7) is 9.07. The lowest BCUT2D eigenvalue weighted by molar-refractivity contribution is -0.138. The molecule has 5 nitrogen and oxygen atoms in total. The van der Waals surface area contributed by atoms with E-state index < -0.39 is 12.0 Å². The van der Waals surface area contributed by atoms with Crippen molar-refractivity contribution < 1.29 is 14.3 Å². The summed E-state index contributed by atoms with van der Waals surface area (Å²) in [6.07, 6.45) is 0.734. The summed E-state index contributed by atoms with van der Waals surface area (Å²) in [7, 11) is 0. The highest BCUT2D eigenvalue weighted by atomic mass is 16.5. The molecule has 1 N–H and O–H groups in total. The number of hydrogen-bond donors (Lipinski definition) is 1. The van der Waals surface area contributed by atoms with Crippen molar-refractivity contribution in [2.75, 3.05) is 13.2 Å². The molecule has 0 radical (unpaired) electrons. The number of hydrogen-bond acceptors (Lipinski definition) is 3. The van der Waals surface area contributed by atoms with Crippen LogP contribution in [0.5, 0.6) is 0 Å². The summed E-state index contributed by atoms with van der Waals surface area (Å²) in [4.78, 5) is 25.8. The number of aliphatic imine (C=N–C) groups is 1. The Morgan fingerprint density at radius 1 is 1.38 bits per heavy atom. The van der Waals surface area contributed by atoms with Crippen LogP contribution in [0.4, 0.5) is 4.79 Å². The third-order valence-electron chi connectivity index (χ3n) is 1.76. The van der Waals surface area contributed by atoms with E-state index in [1.165, 1.54) is 0 Å². The molecule has 0 aliphatic rings. The largest absolute Gasteiger partial charge is 0.460 e. The zero-order valence-corrected chi connectivity index (χ0v) is 10.0. The predicted molar refractivity (Wildman–Crippen MR) is 62.6 cm³/mol. The number of nitrogens with one attached hydrogen (secondary N) is 1. The van der Waals surface area contributed by atoms with Crippen LogP contribution in [0.25, 0.3) is 0 Å². The summed E-state index contributed by atoms with van der Waals surface area (Å²) < 4.78 is 4.78. The van der Waals surface area contributed by atoms with Crippen molar-refractivity contribution in [3.63, 3.8) is 0 Å². The Hall–Kier alpha value is -1.65. The number of amides is 2. The van der Waals surface area contributed by atoms with Crippen molar-refractivity contribution in [1.29, 1.82) is 0 Å². The minimum Gasteiger partial charge on any atom is -0.460 e. The summed E-state index contributed by atoms with van der Waals surface area (Å²) in [5.74, 6) is -0.456. The van der Waals surface area contributed by atoms with E-state index in [4.69, 9.17) is 4.74 Å². The van der Waals surface area contributed by atoms with Gasteiger partial charge >= 0.3 is 12.0 Å². The molecule has 0 aromatic rings. The quantitative estimate of drug-likeness (QED) is 0.335. The van der Waals surface area contributed by atoms with Gasteiger partial charge in [0.05, 0.1) is 6.54 Å². The number of rotatable bonds is 5. The minimum atomic E-state index is -0.456. The molecule has 0 aliphatic heterocycles. The van der Waals surface area contributed by atoms with E-state index in [0.717, 1.165) is 12.1 Å². The molecular formula is C11H18N2O3. The van der Waals surface area contributed by atoms with Crippen molar-refractivity contribution in [2.24, 2.45) is 4.99 Å². The van der Waals surface area contributed by atoms with E-state index in [-0.39, 0.29) is 13.2 Å². The first kappa shape index (κ1) is 14.3. The van der Waals surface area contributed by atoms with Gasteiger partial charge in [0.2, 0.25) is 0 Å². The summed E-state index contributed by atoms with van der Waals surface area (Å²) >= 11 is 0. The second-order valence-electron chi connectivity index (χ2n) is 3.35. The fourth-order valence-corrected chi connectivity index (χ4v) is 0.717. The van der Waals surface area contributed by atoms with Crippen LogP contribution >= 0.6 is 0 Å². The van der Waals surface area contributed by atoms with E-state index in [1.54, 1.807) is 13.8 Å². The second-order valence-corrected chi connectivity index (χ2v) is 3.35. The Labute approximate surface area is 95.6 Å². The number of urea groups is 1. The average molecular weight is 226 g/mol. The first-order valence-corrected chi connectivity index (χ1v) is 5.12. The third kappa shape index (κ3) is 6.75. The monoisotopic (exact) mass is 226 g/mol. The molecule has 0 rings (SSSR count). The normalized spacial score (nSPS) is 10.8. The van der Waals surface area contributed by atoms with Crippen LogP contribution in [0, 0.1) is 0 Å². The Morgan fingerprint density at radius 2 is 2.00 bits per heavy atom.